The Balaban J connectivity index is 2.01. The molecule has 0 atom stereocenters. The lowest BCUT2D eigenvalue weighted by molar-refractivity contribution is -0.118. The number of hydrogen-bond donors (Lipinski definition) is 2. The first kappa shape index (κ1) is 12.4. The summed E-state index contributed by atoms with van der Waals surface area (Å²) in [6.07, 6.45) is 1.76. The van der Waals surface area contributed by atoms with Crippen molar-refractivity contribution in [2.75, 3.05) is 11.9 Å². The van der Waals surface area contributed by atoms with Crippen molar-refractivity contribution in [3.63, 3.8) is 0 Å². The van der Waals surface area contributed by atoms with Crippen LogP contribution in [0.25, 0.3) is 0 Å². The molecule has 102 valence electrons. The van der Waals surface area contributed by atoms with Crippen LogP contribution in [0.4, 0.5) is 5.69 Å². The number of aryl methyl sites for hydroxylation is 1. The molecule has 6 nitrogen and oxygen atoms in total. The Morgan fingerprint density at radius 2 is 2.11 bits per heavy atom. The topological polar surface area (TPSA) is 84.5 Å². The summed E-state index contributed by atoms with van der Waals surface area (Å²) in [5, 5.41) is 2.61. The minimum absolute atomic E-state index is 0.0428. The molecule has 7 heteroatoms. The molecule has 0 bridgehead atoms. The van der Waals surface area contributed by atoms with E-state index >= 15 is 0 Å². The molecule has 1 saturated carbocycles. The van der Waals surface area contributed by atoms with Crippen LogP contribution < -0.4 is 14.8 Å². The van der Waals surface area contributed by atoms with E-state index in [2.05, 4.69) is 10.0 Å². The molecule has 0 saturated heterocycles. The maximum atomic E-state index is 12.2. The zero-order valence-corrected chi connectivity index (χ0v) is 11.2. The quantitative estimate of drug-likeness (QED) is 0.857. The molecule has 1 amide bonds. The Hall–Kier alpha value is -1.60. The Morgan fingerprint density at radius 1 is 1.37 bits per heavy atom. The summed E-state index contributed by atoms with van der Waals surface area (Å²) >= 11 is 0. The Kier molecular flexibility index (Phi) is 2.75. The molecule has 1 heterocycles. The van der Waals surface area contributed by atoms with Crippen molar-refractivity contribution in [3.8, 4) is 5.75 Å². The average Bonchev–Trinajstić information content (AvgIpc) is 3.12. The fraction of sp³-hybridized carbons (Fsp3) is 0.417. The summed E-state index contributed by atoms with van der Waals surface area (Å²) in [7, 11) is -3.54. The van der Waals surface area contributed by atoms with Gasteiger partial charge in [0.2, 0.25) is 10.0 Å². The van der Waals surface area contributed by atoms with E-state index in [1.807, 2.05) is 0 Å². The number of benzene rings is 1. The number of rotatable bonds is 3. The standard InChI is InChI=1S/C12H14N2O4S/c1-7-4-10-9(13-12(15)6-18-10)5-11(7)19(16,17)14-8-2-3-8/h4-5,8,14H,2-3,6H2,1H3,(H,13,15). The van der Waals surface area contributed by atoms with Gasteiger partial charge in [0.25, 0.3) is 5.91 Å². The van der Waals surface area contributed by atoms with Gasteiger partial charge in [0, 0.05) is 6.04 Å². The zero-order valence-electron chi connectivity index (χ0n) is 10.4. The van der Waals surface area contributed by atoms with Crippen LogP contribution in [-0.2, 0) is 14.8 Å². The average molecular weight is 282 g/mol. The van der Waals surface area contributed by atoms with Gasteiger partial charge in [-0.3, -0.25) is 4.79 Å². The van der Waals surface area contributed by atoms with E-state index in [0.717, 1.165) is 12.8 Å². The summed E-state index contributed by atoms with van der Waals surface area (Å²) < 4.78 is 32.3. The second-order valence-electron chi connectivity index (χ2n) is 4.85. The molecule has 0 radical (unpaired) electrons. The minimum atomic E-state index is -3.54. The maximum absolute atomic E-state index is 12.2. The highest BCUT2D eigenvalue weighted by atomic mass is 32.2. The number of carbonyl (C=O) groups excluding carboxylic acids is 1. The van der Waals surface area contributed by atoms with Gasteiger partial charge in [-0.15, -0.1) is 0 Å². The zero-order chi connectivity index (χ0) is 13.6. The molecule has 2 N–H and O–H groups in total. The Morgan fingerprint density at radius 3 is 2.79 bits per heavy atom. The van der Waals surface area contributed by atoms with Gasteiger partial charge in [0.1, 0.15) is 5.75 Å². The van der Waals surface area contributed by atoms with Crippen molar-refractivity contribution in [1.29, 1.82) is 0 Å². The summed E-state index contributed by atoms with van der Waals surface area (Å²) in [4.78, 5) is 11.4. The third-order valence-electron chi connectivity index (χ3n) is 3.10. The molecule has 1 aliphatic carbocycles. The summed E-state index contributed by atoms with van der Waals surface area (Å²) in [5.74, 6) is 0.220. The molecule has 1 aliphatic heterocycles. The van der Waals surface area contributed by atoms with Crippen molar-refractivity contribution in [1.82, 2.24) is 4.72 Å². The monoisotopic (exact) mass is 282 g/mol. The van der Waals surface area contributed by atoms with E-state index in [1.54, 1.807) is 13.0 Å². The summed E-state index contributed by atoms with van der Waals surface area (Å²) in [5.41, 5.74) is 1.00. The van der Waals surface area contributed by atoms with E-state index < -0.39 is 10.0 Å². The van der Waals surface area contributed by atoms with Crippen molar-refractivity contribution in [3.05, 3.63) is 17.7 Å². The second-order valence-corrected chi connectivity index (χ2v) is 6.53. The van der Waals surface area contributed by atoms with E-state index in [0.29, 0.717) is 17.0 Å². The van der Waals surface area contributed by atoms with Gasteiger partial charge < -0.3 is 10.1 Å². The normalized spacial score (nSPS) is 18.5. The van der Waals surface area contributed by atoms with Crippen LogP contribution in [0.15, 0.2) is 17.0 Å². The van der Waals surface area contributed by atoms with Crippen molar-refractivity contribution in [2.45, 2.75) is 30.7 Å². The second kappa shape index (κ2) is 4.21. The Labute approximate surface area is 111 Å². The van der Waals surface area contributed by atoms with E-state index in [4.69, 9.17) is 4.74 Å². The fourth-order valence-corrected chi connectivity index (χ4v) is 3.54. The van der Waals surface area contributed by atoms with Gasteiger partial charge >= 0.3 is 0 Å². The number of carbonyl (C=O) groups is 1. The van der Waals surface area contributed by atoms with Gasteiger partial charge in [-0.25, -0.2) is 13.1 Å². The number of nitrogens with one attached hydrogen (secondary N) is 2. The molecule has 0 aromatic heterocycles. The van der Waals surface area contributed by atoms with E-state index in [1.165, 1.54) is 6.07 Å². The lowest BCUT2D eigenvalue weighted by atomic mass is 10.2. The highest BCUT2D eigenvalue weighted by Gasteiger charge is 2.30. The summed E-state index contributed by atoms with van der Waals surface area (Å²) in [6, 6.07) is 3.13. The van der Waals surface area contributed by atoms with Gasteiger partial charge in [-0.2, -0.15) is 0 Å². The SMILES string of the molecule is Cc1cc2c(cc1S(=O)(=O)NC1CC1)NC(=O)CO2. The van der Waals surface area contributed by atoms with Gasteiger partial charge in [-0.05, 0) is 37.5 Å². The van der Waals surface area contributed by atoms with Crippen LogP contribution in [-0.4, -0.2) is 27.0 Å². The predicted octanol–water partition coefficient (Wildman–Crippen LogP) is 0.767. The maximum Gasteiger partial charge on any atom is 0.262 e. The number of fused-ring (bicyclic) bond motifs is 1. The third-order valence-corrected chi connectivity index (χ3v) is 4.76. The highest BCUT2D eigenvalue weighted by molar-refractivity contribution is 7.89. The van der Waals surface area contributed by atoms with Crippen molar-refractivity contribution in [2.24, 2.45) is 0 Å². The molecule has 2 aliphatic rings. The molecule has 1 aromatic carbocycles. The molecule has 0 unspecified atom stereocenters. The van der Waals surface area contributed by atoms with Gasteiger partial charge in [0.15, 0.2) is 6.61 Å². The number of hydrogen-bond acceptors (Lipinski definition) is 4. The molecular formula is C12H14N2O4S. The molecule has 19 heavy (non-hydrogen) atoms. The van der Waals surface area contributed by atoms with E-state index in [9.17, 15) is 13.2 Å². The largest absolute Gasteiger partial charge is 0.482 e. The van der Waals surface area contributed by atoms with Crippen LogP contribution in [0.5, 0.6) is 5.75 Å². The van der Waals surface area contributed by atoms with Crippen LogP contribution in [0.1, 0.15) is 18.4 Å². The van der Waals surface area contributed by atoms with Crippen LogP contribution in [0, 0.1) is 6.92 Å². The number of amides is 1. The van der Waals surface area contributed by atoms with Gasteiger partial charge in [0.05, 0.1) is 10.6 Å². The summed E-state index contributed by atoms with van der Waals surface area (Å²) in [6.45, 7) is 1.67. The number of ether oxygens (including phenoxy) is 1. The predicted molar refractivity (Wildman–Crippen MR) is 68.6 cm³/mol. The molecular weight excluding hydrogens is 268 g/mol. The fourth-order valence-electron chi connectivity index (χ4n) is 1.98. The van der Waals surface area contributed by atoms with E-state index in [-0.39, 0.29) is 23.5 Å². The van der Waals surface area contributed by atoms with Gasteiger partial charge in [-0.1, -0.05) is 0 Å². The van der Waals surface area contributed by atoms with Crippen LogP contribution >= 0.6 is 0 Å². The van der Waals surface area contributed by atoms with Crippen LogP contribution in [0.2, 0.25) is 0 Å². The minimum Gasteiger partial charge on any atom is -0.482 e. The lowest BCUT2D eigenvalue weighted by Crippen LogP contribution is -2.28. The molecule has 1 fully saturated rings. The molecule has 3 rings (SSSR count). The Bertz CT molecular complexity index is 650. The smallest absolute Gasteiger partial charge is 0.262 e. The van der Waals surface area contributed by atoms with Crippen molar-refractivity contribution < 1.29 is 17.9 Å². The first-order valence-corrected chi connectivity index (χ1v) is 7.54. The lowest BCUT2D eigenvalue weighted by Gasteiger charge is -2.20. The highest BCUT2D eigenvalue weighted by Crippen LogP contribution is 2.33. The first-order valence-electron chi connectivity index (χ1n) is 6.05. The number of sulfonamides is 1. The number of anilines is 1. The molecule has 1 aromatic rings. The van der Waals surface area contributed by atoms with Crippen LogP contribution in [0.3, 0.4) is 0 Å². The first-order chi connectivity index (χ1) is 8.95. The van der Waals surface area contributed by atoms with Crippen molar-refractivity contribution >= 4 is 21.6 Å². The third kappa shape index (κ3) is 2.43. The molecule has 0 spiro atoms.